The number of amidine groups is 1. The van der Waals surface area contributed by atoms with E-state index in [1.165, 1.54) is 0 Å². The maximum absolute atomic E-state index is 11.9. The van der Waals surface area contributed by atoms with Gasteiger partial charge in [0.05, 0.1) is 0 Å². The van der Waals surface area contributed by atoms with E-state index in [4.69, 9.17) is 4.74 Å². The number of aromatic nitrogens is 1. The van der Waals surface area contributed by atoms with Gasteiger partial charge in [-0.2, -0.15) is 0 Å². The number of carbonyl (C=O) groups excluding carboxylic acids is 1. The van der Waals surface area contributed by atoms with Gasteiger partial charge >= 0.3 is 0 Å². The minimum atomic E-state index is -0.596. The number of aromatic hydroxyl groups is 1. The fourth-order valence-corrected chi connectivity index (χ4v) is 2.49. The maximum Gasteiger partial charge on any atom is 0.292 e. The first kappa shape index (κ1) is 12.5. The molecule has 1 fully saturated rings. The van der Waals surface area contributed by atoms with Crippen LogP contribution in [0.5, 0.6) is 5.75 Å². The van der Waals surface area contributed by atoms with E-state index in [1.54, 1.807) is 19.2 Å². The molecule has 2 aromatic rings. The van der Waals surface area contributed by atoms with Crippen molar-refractivity contribution < 1.29 is 14.6 Å². The Morgan fingerprint density at radius 2 is 2.25 bits per heavy atom. The highest BCUT2D eigenvalue weighted by molar-refractivity contribution is 6.02. The third-order valence-electron chi connectivity index (χ3n) is 3.57. The largest absolute Gasteiger partial charge is 0.508 e. The van der Waals surface area contributed by atoms with Crippen LogP contribution in [0.3, 0.4) is 0 Å². The summed E-state index contributed by atoms with van der Waals surface area (Å²) in [6.07, 6.45) is 1.24. The van der Waals surface area contributed by atoms with Crippen LogP contribution in [0.2, 0.25) is 0 Å². The van der Waals surface area contributed by atoms with Gasteiger partial charge in [-0.05, 0) is 17.7 Å². The Morgan fingerprint density at radius 3 is 2.95 bits per heavy atom. The van der Waals surface area contributed by atoms with E-state index in [0.717, 1.165) is 16.5 Å². The predicted octanol–water partition coefficient (Wildman–Crippen LogP) is 1.48. The van der Waals surface area contributed by atoms with E-state index in [1.807, 2.05) is 19.2 Å². The number of nitrogens with zero attached hydrogens (tertiary/aromatic N) is 1. The minimum absolute atomic E-state index is 0.132. The number of phenolic OH excluding ortho intramolecular Hbond substituents is 1. The first-order valence-corrected chi connectivity index (χ1v) is 6.34. The van der Waals surface area contributed by atoms with Crippen LogP contribution >= 0.6 is 0 Å². The summed E-state index contributed by atoms with van der Waals surface area (Å²) in [5, 5.41) is 13.0. The van der Waals surface area contributed by atoms with E-state index in [-0.39, 0.29) is 23.6 Å². The number of benzene rings is 1. The second kappa shape index (κ2) is 4.56. The van der Waals surface area contributed by atoms with Crippen molar-refractivity contribution in [3.63, 3.8) is 0 Å². The Hall–Kier alpha value is -2.50. The molecule has 0 bridgehead atoms. The fourth-order valence-electron chi connectivity index (χ4n) is 2.49. The lowest BCUT2D eigenvalue weighted by molar-refractivity contribution is -0.124. The number of hydrogen-bond acceptors (Lipinski definition) is 4. The number of H-pyrrole nitrogens is 1. The molecule has 2 heterocycles. The Labute approximate surface area is 115 Å². The second-order valence-electron chi connectivity index (χ2n) is 4.82. The van der Waals surface area contributed by atoms with Crippen LogP contribution in [0.1, 0.15) is 18.4 Å². The molecule has 0 aliphatic carbocycles. The first-order chi connectivity index (χ1) is 9.60. The van der Waals surface area contributed by atoms with Gasteiger partial charge in [-0.1, -0.05) is 6.92 Å². The van der Waals surface area contributed by atoms with E-state index in [2.05, 4.69) is 15.3 Å². The smallest absolute Gasteiger partial charge is 0.292 e. The summed E-state index contributed by atoms with van der Waals surface area (Å²) in [7, 11) is 1.57. The standard InChI is InChI=1S/C14H15N3O3/c1-7(12-13(19)17-14(15-2)20-12)10-6-16-11-5-8(18)3-4-9(10)11/h3-7,12,16,18H,1-2H3,(H,15,17,19)/t7-,12+/m1/s1. The predicted molar refractivity (Wildman–Crippen MR) is 74.8 cm³/mol. The summed E-state index contributed by atoms with van der Waals surface area (Å²) in [6.45, 7) is 1.93. The summed E-state index contributed by atoms with van der Waals surface area (Å²) in [5.41, 5.74) is 1.80. The number of ether oxygens (including phenoxy) is 1. The van der Waals surface area contributed by atoms with Gasteiger partial charge in [0.15, 0.2) is 6.10 Å². The van der Waals surface area contributed by atoms with Gasteiger partial charge in [0.25, 0.3) is 11.9 Å². The molecule has 0 radical (unpaired) electrons. The van der Waals surface area contributed by atoms with Crippen LogP contribution in [0.4, 0.5) is 0 Å². The molecule has 0 unspecified atom stereocenters. The Bertz CT molecular complexity index is 705. The lowest BCUT2D eigenvalue weighted by atomic mass is 9.94. The molecule has 2 atom stereocenters. The van der Waals surface area contributed by atoms with Crippen molar-refractivity contribution in [2.24, 2.45) is 4.99 Å². The summed E-state index contributed by atoms with van der Waals surface area (Å²) in [6, 6.07) is 5.36. The third-order valence-corrected chi connectivity index (χ3v) is 3.57. The SMILES string of the molecule is CN=C1NC(=O)[C@H]([C@H](C)c2c[nH]c3cc(O)ccc23)O1. The number of phenols is 1. The molecule has 1 aliphatic heterocycles. The maximum atomic E-state index is 11.9. The lowest BCUT2D eigenvalue weighted by Gasteiger charge is -2.15. The van der Waals surface area contributed by atoms with Crippen molar-refractivity contribution in [3.8, 4) is 5.75 Å². The molecule has 0 spiro atoms. The molecule has 1 saturated heterocycles. The second-order valence-corrected chi connectivity index (χ2v) is 4.82. The van der Waals surface area contributed by atoms with E-state index < -0.39 is 6.10 Å². The highest BCUT2D eigenvalue weighted by Gasteiger charge is 2.36. The molecule has 3 rings (SSSR count). The Kier molecular flexibility index (Phi) is 2.85. The van der Waals surface area contributed by atoms with Gasteiger partial charge in [-0.25, -0.2) is 4.99 Å². The molecule has 1 aromatic carbocycles. The van der Waals surface area contributed by atoms with Gasteiger partial charge in [0, 0.05) is 36.1 Å². The number of rotatable bonds is 2. The van der Waals surface area contributed by atoms with Crippen LogP contribution in [0, 0.1) is 0 Å². The van der Waals surface area contributed by atoms with Gasteiger partial charge in [-0.3, -0.25) is 10.1 Å². The van der Waals surface area contributed by atoms with Crippen LogP contribution in [0.25, 0.3) is 10.9 Å². The van der Waals surface area contributed by atoms with Crippen molar-refractivity contribution in [2.45, 2.75) is 18.9 Å². The third kappa shape index (κ3) is 1.89. The van der Waals surface area contributed by atoms with Gasteiger partial charge < -0.3 is 14.8 Å². The van der Waals surface area contributed by atoms with Crippen molar-refractivity contribution >= 4 is 22.8 Å². The Balaban J connectivity index is 1.97. The number of nitrogens with one attached hydrogen (secondary N) is 2. The molecule has 104 valence electrons. The number of aromatic amines is 1. The zero-order valence-corrected chi connectivity index (χ0v) is 11.2. The first-order valence-electron chi connectivity index (χ1n) is 6.34. The van der Waals surface area contributed by atoms with E-state index in [9.17, 15) is 9.90 Å². The summed E-state index contributed by atoms with van der Waals surface area (Å²) in [4.78, 5) is 18.8. The number of amides is 1. The molecule has 6 heteroatoms. The van der Waals surface area contributed by atoms with Crippen LogP contribution in [-0.4, -0.2) is 35.2 Å². The molecule has 0 saturated carbocycles. The minimum Gasteiger partial charge on any atom is -0.508 e. The van der Waals surface area contributed by atoms with Gasteiger partial charge in [0.1, 0.15) is 5.75 Å². The van der Waals surface area contributed by atoms with Crippen molar-refractivity contribution in [2.75, 3.05) is 7.05 Å². The quantitative estimate of drug-likeness (QED) is 0.774. The molecule has 1 aliphatic rings. The summed E-state index contributed by atoms with van der Waals surface area (Å²) in [5.74, 6) is -0.118. The van der Waals surface area contributed by atoms with Gasteiger partial charge in [0.2, 0.25) is 0 Å². The number of hydrogen-bond donors (Lipinski definition) is 3. The molecule has 1 aromatic heterocycles. The average Bonchev–Trinajstić information content (AvgIpc) is 3.01. The highest BCUT2D eigenvalue weighted by atomic mass is 16.5. The number of aliphatic imine (C=N–C) groups is 1. The fraction of sp³-hybridized carbons (Fsp3) is 0.286. The molecular formula is C14H15N3O3. The van der Waals surface area contributed by atoms with E-state index in [0.29, 0.717) is 0 Å². The zero-order valence-electron chi connectivity index (χ0n) is 11.2. The number of fused-ring (bicyclic) bond motifs is 1. The van der Waals surface area contributed by atoms with Gasteiger partial charge in [-0.15, -0.1) is 0 Å². The molecule has 1 amide bonds. The summed E-state index contributed by atoms with van der Waals surface area (Å²) < 4.78 is 5.51. The molecule has 20 heavy (non-hydrogen) atoms. The lowest BCUT2D eigenvalue weighted by Crippen LogP contribution is -2.28. The van der Waals surface area contributed by atoms with Crippen molar-refractivity contribution in [3.05, 3.63) is 30.0 Å². The Morgan fingerprint density at radius 1 is 1.45 bits per heavy atom. The monoisotopic (exact) mass is 273 g/mol. The normalized spacial score (nSPS) is 22.0. The number of carbonyl (C=O) groups is 1. The van der Waals surface area contributed by atoms with Crippen LogP contribution < -0.4 is 5.32 Å². The van der Waals surface area contributed by atoms with Crippen LogP contribution in [-0.2, 0) is 9.53 Å². The molecule has 3 N–H and O–H groups in total. The van der Waals surface area contributed by atoms with E-state index >= 15 is 0 Å². The van der Waals surface area contributed by atoms with Crippen molar-refractivity contribution in [1.82, 2.24) is 10.3 Å². The zero-order chi connectivity index (χ0) is 14.3. The van der Waals surface area contributed by atoms with Crippen molar-refractivity contribution in [1.29, 1.82) is 0 Å². The molecular weight excluding hydrogens is 258 g/mol. The van der Waals surface area contributed by atoms with Crippen LogP contribution in [0.15, 0.2) is 29.4 Å². The summed E-state index contributed by atoms with van der Waals surface area (Å²) >= 11 is 0. The average molecular weight is 273 g/mol. The topological polar surface area (TPSA) is 86.7 Å². The molecule has 6 nitrogen and oxygen atoms in total. The highest BCUT2D eigenvalue weighted by Crippen LogP contribution is 2.31.